The van der Waals surface area contributed by atoms with Crippen LogP contribution in [-0.2, 0) is 6.54 Å². The van der Waals surface area contributed by atoms with Crippen LogP contribution in [0.4, 0.5) is 0 Å². The minimum atomic E-state index is -0.760. The molecule has 0 heterocycles. The molecule has 2 N–H and O–H groups in total. The molecule has 2 aromatic carbocycles. The summed E-state index contributed by atoms with van der Waals surface area (Å²) in [6, 6.07) is 13.7. The maximum absolute atomic E-state index is 10.6. The Balaban J connectivity index is 0.00000420. The molecule has 0 fully saturated rings. The van der Waals surface area contributed by atoms with Crippen LogP contribution in [0.15, 0.2) is 47.5 Å². The molecule has 2 aromatic rings. The Kier molecular flexibility index (Phi) is 10.8. The number of nitrogens with one attached hydrogen (secondary N) is 1. The Bertz CT molecular complexity index is 776. The Morgan fingerprint density at radius 3 is 2.31 bits per heavy atom. The fourth-order valence-electron chi connectivity index (χ4n) is 2.89. The van der Waals surface area contributed by atoms with Crippen molar-refractivity contribution in [3.8, 4) is 11.5 Å². The Hall–Kier alpha value is -2.00. The number of aliphatic imine (C=N–C) groups is 1. The van der Waals surface area contributed by atoms with Crippen molar-refractivity contribution in [2.24, 2.45) is 4.99 Å². The first-order chi connectivity index (χ1) is 13.5. The number of guanidine groups is 1. The van der Waals surface area contributed by atoms with Crippen molar-refractivity contribution in [1.82, 2.24) is 10.2 Å². The number of methoxy groups -OCH3 is 2. The number of nitrogens with zero attached hydrogens (tertiary/aromatic N) is 2. The van der Waals surface area contributed by atoms with Crippen molar-refractivity contribution < 1.29 is 14.6 Å². The largest absolute Gasteiger partial charge is 0.497 e. The van der Waals surface area contributed by atoms with Gasteiger partial charge in [0.05, 0.1) is 26.9 Å². The number of hydrogen-bond donors (Lipinski definition) is 2. The van der Waals surface area contributed by atoms with E-state index in [1.54, 1.807) is 32.4 Å². The molecule has 1 atom stereocenters. The number of benzene rings is 2. The van der Waals surface area contributed by atoms with Gasteiger partial charge in [-0.05, 0) is 42.7 Å². The Labute approximate surface area is 191 Å². The fraction of sp³-hybridized carbons (Fsp3) is 0.409. The fourth-order valence-corrected chi connectivity index (χ4v) is 2.89. The smallest absolute Gasteiger partial charge is 0.194 e. The van der Waals surface area contributed by atoms with E-state index in [1.165, 1.54) is 11.1 Å². The maximum Gasteiger partial charge on any atom is 0.194 e. The zero-order valence-electron chi connectivity index (χ0n) is 17.8. The van der Waals surface area contributed by atoms with Gasteiger partial charge in [0.1, 0.15) is 11.5 Å². The second kappa shape index (κ2) is 12.5. The van der Waals surface area contributed by atoms with Gasteiger partial charge < -0.3 is 24.8 Å². The predicted octanol–water partition coefficient (Wildman–Crippen LogP) is 3.76. The SMILES string of the molecule is CCNC(=NCC(O)c1cc(OC)cc(OC)c1)N(C)Cc1ccccc1C.I. The molecule has 6 nitrogen and oxygen atoms in total. The third-order valence-electron chi connectivity index (χ3n) is 4.54. The van der Waals surface area contributed by atoms with Crippen LogP contribution >= 0.6 is 24.0 Å². The molecular formula is C22H32IN3O3. The average Bonchev–Trinajstić information content (AvgIpc) is 2.71. The van der Waals surface area contributed by atoms with Crippen LogP contribution in [-0.4, -0.2) is 50.3 Å². The lowest BCUT2D eigenvalue weighted by Crippen LogP contribution is -2.38. The van der Waals surface area contributed by atoms with Crippen LogP contribution in [0, 0.1) is 6.92 Å². The number of aliphatic hydroxyl groups excluding tert-OH is 1. The van der Waals surface area contributed by atoms with Gasteiger partial charge in [0, 0.05) is 26.2 Å². The molecule has 0 bridgehead atoms. The van der Waals surface area contributed by atoms with E-state index in [9.17, 15) is 5.11 Å². The second-order valence-corrected chi connectivity index (χ2v) is 6.64. The molecule has 0 aliphatic rings. The summed E-state index contributed by atoms with van der Waals surface area (Å²) in [6.07, 6.45) is -0.760. The molecule has 1 unspecified atom stereocenters. The molecule has 0 aliphatic carbocycles. The molecule has 2 rings (SSSR count). The van der Waals surface area contributed by atoms with Crippen molar-refractivity contribution in [1.29, 1.82) is 0 Å². The normalized spacial score (nSPS) is 12.0. The quantitative estimate of drug-likeness (QED) is 0.320. The minimum absolute atomic E-state index is 0. The molecule has 0 aromatic heterocycles. The molecule has 0 aliphatic heterocycles. The molecule has 0 spiro atoms. The molecular weight excluding hydrogens is 481 g/mol. The summed E-state index contributed by atoms with van der Waals surface area (Å²) in [4.78, 5) is 6.69. The van der Waals surface area contributed by atoms with Crippen molar-refractivity contribution in [3.63, 3.8) is 0 Å². The second-order valence-electron chi connectivity index (χ2n) is 6.64. The topological polar surface area (TPSA) is 66.3 Å². The Morgan fingerprint density at radius 1 is 1.14 bits per heavy atom. The van der Waals surface area contributed by atoms with Gasteiger partial charge in [-0.1, -0.05) is 24.3 Å². The predicted molar refractivity (Wildman–Crippen MR) is 129 cm³/mol. The first kappa shape index (κ1) is 25.0. The van der Waals surface area contributed by atoms with Gasteiger partial charge in [0.15, 0.2) is 5.96 Å². The lowest BCUT2D eigenvalue weighted by atomic mass is 10.1. The summed E-state index contributed by atoms with van der Waals surface area (Å²) >= 11 is 0. The van der Waals surface area contributed by atoms with Crippen molar-refractivity contribution in [2.45, 2.75) is 26.5 Å². The van der Waals surface area contributed by atoms with Gasteiger partial charge in [0.2, 0.25) is 0 Å². The van der Waals surface area contributed by atoms with E-state index in [4.69, 9.17) is 9.47 Å². The van der Waals surface area contributed by atoms with Crippen LogP contribution in [0.5, 0.6) is 11.5 Å². The van der Waals surface area contributed by atoms with E-state index in [0.717, 1.165) is 19.0 Å². The summed E-state index contributed by atoms with van der Waals surface area (Å²) in [5.41, 5.74) is 3.19. The van der Waals surface area contributed by atoms with Gasteiger partial charge in [-0.2, -0.15) is 0 Å². The van der Waals surface area contributed by atoms with Crippen LogP contribution in [0.25, 0.3) is 0 Å². The lowest BCUT2D eigenvalue weighted by Gasteiger charge is -2.23. The van der Waals surface area contributed by atoms with Gasteiger partial charge in [-0.25, -0.2) is 0 Å². The van der Waals surface area contributed by atoms with Gasteiger partial charge in [-0.15, -0.1) is 24.0 Å². The molecule has 0 saturated carbocycles. The van der Waals surface area contributed by atoms with Gasteiger partial charge in [-0.3, -0.25) is 4.99 Å². The third kappa shape index (κ3) is 7.40. The van der Waals surface area contributed by atoms with Crippen LogP contribution in [0.3, 0.4) is 0 Å². The van der Waals surface area contributed by atoms with Crippen molar-refractivity contribution in [3.05, 3.63) is 59.2 Å². The monoisotopic (exact) mass is 513 g/mol. The van der Waals surface area contributed by atoms with Crippen LogP contribution in [0.2, 0.25) is 0 Å². The number of halogens is 1. The van der Waals surface area contributed by atoms with Gasteiger partial charge >= 0.3 is 0 Å². The Morgan fingerprint density at radius 2 is 1.76 bits per heavy atom. The van der Waals surface area contributed by atoms with E-state index in [2.05, 4.69) is 34.3 Å². The lowest BCUT2D eigenvalue weighted by molar-refractivity contribution is 0.185. The molecule has 29 heavy (non-hydrogen) atoms. The van der Waals surface area contributed by atoms with Crippen LogP contribution < -0.4 is 14.8 Å². The molecule has 0 amide bonds. The summed E-state index contributed by atoms with van der Waals surface area (Å²) in [5, 5.41) is 13.9. The average molecular weight is 513 g/mol. The highest BCUT2D eigenvalue weighted by Crippen LogP contribution is 2.26. The minimum Gasteiger partial charge on any atom is -0.497 e. The van der Waals surface area contributed by atoms with E-state index in [0.29, 0.717) is 17.1 Å². The van der Waals surface area contributed by atoms with Crippen molar-refractivity contribution in [2.75, 3.05) is 34.4 Å². The van der Waals surface area contributed by atoms with E-state index in [1.807, 2.05) is 26.1 Å². The number of aryl methyl sites for hydroxylation is 1. The maximum atomic E-state index is 10.6. The zero-order chi connectivity index (χ0) is 20.5. The number of ether oxygens (including phenoxy) is 2. The van der Waals surface area contributed by atoms with E-state index in [-0.39, 0.29) is 30.5 Å². The number of aliphatic hydroxyl groups is 1. The zero-order valence-corrected chi connectivity index (χ0v) is 20.1. The summed E-state index contributed by atoms with van der Waals surface area (Å²) in [6.45, 7) is 5.85. The molecule has 0 radical (unpaired) electrons. The number of hydrogen-bond acceptors (Lipinski definition) is 4. The summed E-state index contributed by atoms with van der Waals surface area (Å²) in [5.74, 6) is 2.03. The van der Waals surface area contributed by atoms with Gasteiger partial charge in [0.25, 0.3) is 0 Å². The summed E-state index contributed by atoms with van der Waals surface area (Å²) < 4.78 is 10.6. The molecule has 0 saturated heterocycles. The molecule has 7 heteroatoms. The standard InChI is InChI=1S/C22H31N3O3.HI/c1-6-23-22(25(3)15-17-10-8-7-9-16(17)2)24-14-21(26)18-11-19(27-4)13-20(12-18)28-5;/h7-13,21,26H,6,14-15H2,1-5H3,(H,23,24);1H. The molecule has 160 valence electrons. The highest BCUT2D eigenvalue weighted by Gasteiger charge is 2.13. The van der Waals surface area contributed by atoms with E-state index < -0.39 is 6.10 Å². The number of rotatable bonds is 8. The summed E-state index contributed by atoms with van der Waals surface area (Å²) in [7, 11) is 5.18. The highest BCUT2D eigenvalue weighted by molar-refractivity contribution is 14.0. The van der Waals surface area contributed by atoms with Crippen molar-refractivity contribution >= 4 is 29.9 Å². The van der Waals surface area contributed by atoms with E-state index >= 15 is 0 Å². The third-order valence-corrected chi connectivity index (χ3v) is 4.54. The highest BCUT2D eigenvalue weighted by atomic mass is 127. The first-order valence-electron chi connectivity index (χ1n) is 9.43. The van der Waals surface area contributed by atoms with Crippen LogP contribution in [0.1, 0.15) is 29.7 Å². The first-order valence-corrected chi connectivity index (χ1v) is 9.43.